The highest BCUT2D eigenvalue weighted by Crippen LogP contribution is 2.29. The second-order valence-electron chi connectivity index (χ2n) is 5.39. The lowest BCUT2D eigenvalue weighted by molar-refractivity contribution is 0.532. The third-order valence-electron chi connectivity index (χ3n) is 4.05. The minimum atomic E-state index is -0.735. The van der Waals surface area contributed by atoms with Crippen LogP contribution in [0, 0.1) is 0 Å². The molecule has 1 aromatic carbocycles. The van der Waals surface area contributed by atoms with Gasteiger partial charge in [0.05, 0.1) is 5.25 Å². The van der Waals surface area contributed by atoms with Gasteiger partial charge >= 0.3 is 0 Å². The summed E-state index contributed by atoms with van der Waals surface area (Å²) >= 11 is 0. The molecule has 2 nitrogen and oxygen atoms in total. The van der Waals surface area contributed by atoms with E-state index in [0.29, 0.717) is 5.25 Å². The molecule has 0 aromatic heterocycles. The van der Waals surface area contributed by atoms with Gasteiger partial charge in [0.15, 0.2) is 0 Å². The van der Waals surface area contributed by atoms with Crippen molar-refractivity contribution >= 4 is 10.8 Å². The number of hydrogen-bond donors (Lipinski definition) is 1. The molecule has 1 fully saturated rings. The number of hydrogen-bond acceptors (Lipinski definition) is 2. The van der Waals surface area contributed by atoms with Gasteiger partial charge in [-0.1, -0.05) is 50.1 Å². The molecule has 1 aromatic rings. The van der Waals surface area contributed by atoms with Gasteiger partial charge in [-0.25, -0.2) is 0 Å². The highest BCUT2D eigenvalue weighted by molar-refractivity contribution is 7.86. The van der Waals surface area contributed by atoms with Gasteiger partial charge in [0.1, 0.15) is 0 Å². The Morgan fingerprint density at radius 3 is 2.47 bits per heavy atom. The first kappa shape index (κ1) is 14.7. The second-order valence-corrected chi connectivity index (χ2v) is 7.45. The average molecular weight is 279 g/mol. The maximum Gasteiger partial charge on any atom is 0.0517 e. The van der Waals surface area contributed by atoms with E-state index in [1.807, 2.05) is 6.07 Å². The second kappa shape index (κ2) is 7.20. The van der Waals surface area contributed by atoms with Crippen molar-refractivity contribution in [1.82, 2.24) is 5.32 Å². The van der Waals surface area contributed by atoms with Crippen LogP contribution in [-0.4, -0.2) is 21.3 Å². The van der Waals surface area contributed by atoms with E-state index >= 15 is 0 Å². The van der Waals surface area contributed by atoms with Crippen molar-refractivity contribution in [3.05, 3.63) is 35.9 Å². The Labute approximate surface area is 119 Å². The van der Waals surface area contributed by atoms with Crippen LogP contribution >= 0.6 is 0 Å². The van der Waals surface area contributed by atoms with Crippen LogP contribution in [0.15, 0.2) is 30.3 Å². The Kier molecular flexibility index (Phi) is 5.59. The zero-order valence-electron chi connectivity index (χ0n) is 12.0. The normalized spacial score (nSPS) is 21.2. The minimum Gasteiger partial charge on any atom is -0.309 e. The summed E-state index contributed by atoms with van der Waals surface area (Å²) in [6, 6.07) is 10.6. The van der Waals surface area contributed by atoms with Gasteiger partial charge in [0.2, 0.25) is 0 Å². The van der Waals surface area contributed by atoms with Gasteiger partial charge in [0, 0.05) is 22.1 Å². The zero-order valence-corrected chi connectivity index (χ0v) is 12.8. The van der Waals surface area contributed by atoms with Crippen LogP contribution in [0.3, 0.4) is 0 Å². The minimum absolute atomic E-state index is 0.172. The van der Waals surface area contributed by atoms with Gasteiger partial charge in [0.25, 0.3) is 0 Å². The van der Waals surface area contributed by atoms with Gasteiger partial charge in [-0.2, -0.15) is 0 Å². The SMILES string of the molecule is CCNC(c1ccccc1)C(C)S(=O)C1CCCC1. The van der Waals surface area contributed by atoms with Crippen LogP contribution < -0.4 is 5.32 Å². The molecule has 0 amide bonds. The Balaban J connectivity index is 2.11. The van der Waals surface area contributed by atoms with E-state index < -0.39 is 10.8 Å². The molecule has 0 radical (unpaired) electrons. The fourth-order valence-electron chi connectivity index (χ4n) is 2.99. The smallest absolute Gasteiger partial charge is 0.0517 e. The van der Waals surface area contributed by atoms with E-state index in [2.05, 4.69) is 43.4 Å². The topological polar surface area (TPSA) is 29.1 Å². The predicted octanol–water partition coefficient (Wildman–Crippen LogP) is 3.42. The lowest BCUT2D eigenvalue weighted by atomic mass is 10.0. The maximum absolute atomic E-state index is 12.7. The molecule has 0 heterocycles. The van der Waals surface area contributed by atoms with Crippen molar-refractivity contribution < 1.29 is 4.21 Å². The average Bonchev–Trinajstić information content (AvgIpc) is 2.98. The molecule has 1 aliphatic carbocycles. The summed E-state index contributed by atoms with van der Waals surface area (Å²) in [5.74, 6) is 0. The van der Waals surface area contributed by atoms with Crippen LogP contribution in [0.1, 0.15) is 51.1 Å². The molecule has 3 atom stereocenters. The highest BCUT2D eigenvalue weighted by atomic mass is 32.2. The van der Waals surface area contributed by atoms with Crippen molar-refractivity contribution in [2.45, 2.75) is 56.1 Å². The highest BCUT2D eigenvalue weighted by Gasteiger charge is 2.30. The Hall–Kier alpha value is -0.670. The van der Waals surface area contributed by atoms with Crippen molar-refractivity contribution in [2.75, 3.05) is 6.54 Å². The first-order valence-electron chi connectivity index (χ1n) is 7.41. The monoisotopic (exact) mass is 279 g/mol. The first-order valence-corrected chi connectivity index (χ1v) is 8.69. The summed E-state index contributed by atoms with van der Waals surface area (Å²) in [5.41, 5.74) is 1.25. The molecule has 1 N–H and O–H groups in total. The Bertz CT molecular complexity index is 400. The van der Waals surface area contributed by atoms with Crippen LogP contribution in [-0.2, 0) is 10.8 Å². The van der Waals surface area contributed by atoms with Crippen LogP contribution in [0.25, 0.3) is 0 Å². The molecule has 0 saturated heterocycles. The maximum atomic E-state index is 12.7. The number of benzene rings is 1. The molecule has 19 heavy (non-hydrogen) atoms. The molecule has 1 aliphatic rings. The quantitative estimate of drug-likeness (QED) is 0.864. The van der Waals surface area contributed by atoms with E-state index in [1.165, 1.54) is 18.4 Å². The summed E-state index contributed by atoms with van der Waals surface area (Å²) in [6.45, 7) is 5.15. The molecule has 3 unspecified atom stereocenters. The van der Waals surface area contributed by atoms with E-state index in [-0.39, 0.29) is 11.3 Å². The third-order valence-corrected chi connectivity index (χ3v) is 6.18. The molecule has 0 aliphatic heterocycles. The Morgan fingerprint density at radius 1 is 1.26 bits per heavy atom. The van der Waals surface area contributed by atoms with Crippen LogP contribution in [0.5, 0.6) is 0 Å². The van der Waals surface area contributed by atoms with E-state index in [1.54, 1.807) is 0 Å². The molecule has 2 rings (SSSR count). The van der Waals surface area contributed by atoms with Crippen molar-refractivity contribution in [2.24, 2.45) is 0 Å². The van der Waals surface area contributed by atoms with Crippen molar-refractivity contribution in [3.63, 3.8) is 0 Å². The van der Waals surface area contributed by atoms with Gasteiger partial charge in [-0.3, -0.25) is 4.21 Å². The van der Waals surface area contributed by atoms with E-state index in [4.69, 9.17) is 0 Å². The number of rotatable bonds is 6. The lowest BCUT2D eigenvalue weighted by Crippen LogP contribution is -2.36. The summed E-state index contributed by atoms with van der Waals surface area (Å²) in [6.07, 6.45) is 4.79. The summed E-state index contributed by atoms with van der Waals surface area (Å²) in [5, 5.41) is 4.10. The summed E-state index contributed by atoms with van der Waals surface area (Å²) in [4.78, 5) is 0. The third kappa shape index (κ3) is 3.67. The van der Waals surface area contributed by atoms with Crippen molar-refractivity contribution in [3.8, 4) is 0 Å². The van der Waals surface area contributed by atoms with E-state index in [0.717, 1.165) is 19.4 Å². The predicted molar refractivity (Wildman–Crippen MR) is 82.7 cm³/mol. The standard InChI is InChI=1S/C16H25NOS/c1-3-17-16(14-9-5-4-6-10-14)13(2)19(18)15-11-7-8-12-15/h4-6,9-10,13,15-17H,3,7-8,11-12H2,1-2H3. The fourth-order valence-corrected chi connectivity index (χ4v) is 4.92. The Morgan fingerprint density at radius 2 is 1.89 bits per heavy atom. The van der Waals surface area contributed by atoms with Crippen LogP contribution in [0.2, 0.25) is 0 Å². The lowest BCUT2D eigenvalue weighted by Gasteiger charge is -2.27. The summed E-state index contributed by atoms with van der Waals surface area (Å²) in [7, 11) is -0.735. The van der Waals surface area contributed by atoms with Gasteiger partial charge in [-0.05, 0) is 31.9 Å². The van der Waals surface area contributed by atoms with E-state index in [9.17, 15) is 4.21 Å². The molecular formula is C16H25NOS. The molecule has 0 spiro atoms. The molecule has 3 heteroatoms. The molecule has 0 bridgehead atoms. The van der Waals surface area contributed by atoms with Crippen molar-refractivity contribution in [1.29, 1.82) is 0 Å². The van der Waals surface area contributed by atoms with Gasteiger partial charge in [-0.15, -0.1) is 0 Å². The molecule has 1 saturated carbocycles. The van der Waals surface area contributed by atoms with Gasteiger partial charge < -0.3 is 5.32 Å². The number of nitrogens with one attached hydrogen (secondary N) is 1. The van der Waals surface area contributed by atoms with Crippen LogP contribution in [0.4, 0.5) is 0 Å². The first-order chi connectivity index (χ1) is 9.24. The fraction of sp³-hybridized carbons (Fsp3) is 0.625. The molecular weight excluding hydrogens is 254 g/mol. The molecule has 106 valence electrons. The largest absolute Gasteiger partial charge is 0.309 e. The summed E-state index contributed by atoms with van der Waals surface area (Å²) < 4.78 is 12.7. The zero-order chi connectivity index (χ0) is 13.7.